The number of nitrogen functional groups attached to an aromatic ring is 1. The minimum absolute atomic E-state index is 0.104. The van der Waals surface area contributed by atoms with E-state index >= 15 is 0 Å². The van der Waals surface area contributed by atoms with Gasteiger partial charge in [0, 0.05) is 5.38 Å². The molecule has 0 aromatic carbocycles. The number of hydrogen-bond donors (Lipinski definition) is 1. The second kappa shape index (κ2) is 4.94. The number of thiazole rings is 1. The molecule has 1 aromatic heterocycles. The Balaban J connectivity index is 2.77. The van der Waals surface area contributed by atoms with E-state index in [1.807, 2.05) is 0 Å². The van der Waals surface area contributed by atoms with Gasteiger partial charge in [0.15, 0.2) is 10.8 Å². The topological polar surface area (TPSA) is 101 Å². The number of oxime groups is 1. The van der Waals surface area contributed by atoms with Crippen molar-refractivity contribution < 1.29 is 9.63 Å². The minimum atomic E-state index is -0.231. The van der Waals surface area contributed by atoms with Crippen molar-refractivity contribution in [2.24, 2.45) is 5.16 Å². The maximum Gasteiger partial charge on any atom is 0.259 e. The molecule has 1 aromatic rings. The van der Waals surface area contributed by atoms with E-state index in [0.29, 0.717) is 10.8 Å². The smallest absolute Gasteiger partial charge is 0.259 e. The number of aromatic nitrogens is 1. The maximum atomic E-state index is 10.4. The lowest BCUT2D eigenvalue weighted by Crippen LogP contribution is -2.04. The fourth-order valence-electron chi connectivity index (χ4n) is 0.640. The second-order valence-corrected chi connectivity index (χ2v) is 2.93. The van der Waals surface area contributed by atoms with Crippen molar-refractivity contribution in [3.63, 3.8) is 0 Å². The second-order valence-electron chi connectivity index (χ2n) is 2.04. The zero-order valence-corrected chi connectivity index (χ0v) is 7.74. The average Bonchev–Trinajstić information content (AvgIpc) is 2.60. The molecular formula is C7H5N4O2S. The zero-order valence-electron chi connectivity index (χ0n) is 6.93. The van der Waals surface area contributed by atoms with E-state index in [0.717, 1.165) is 0 Å². The molecule has 0 amide bonds. The molecule has 0 aliphatic carbocycles. The molecule has 2 N–H and O–H groups in total. The third-order valence-electron chi connectivity index (χ3n) is 1.15. The van der Waals surface area contributed by atoms with Crippen LogP contribution in [0.2, 0.25) is 0 Å². The van der Waals surface area contributed by atoms with E-state index in [4.69, 9.17) is 11.0 Å². The van der Waals surface area contributed by atoms with Gasteiger partial charge in [-0.2, -0.15) is 5.26 Å². The van der Waals surface area contributed by atoms with Crippen LogP contribution in [0.5, 0.6) is 0 Å². The highest BCUT2D eigenvalue weighted by molar-refractivity contribution is 7.13. The van der Waals surface area contributed by atoms with E-state index < -0.39 is 0 Å². The number of rotatable bonds is 4. The van der Waals surface area contributed by atoms with E-state index in [2.05, 4.69) is 15.0 Å². The van der Waals surface area contributed by atoms with Gasteiger partial charge in [-0.1, -0.05) is 5.16 Å². The molecule has 0 saturated heterocycles. The number of carbonyl (C=O) groups excluding carboxylic acids is 1. The highest BCUT2D eigenvalue weighted by Crippen LogP contribution is 2.11. The van der Waals surface area contributed by atoms with Gasteiger partial charge in [-0.3, -0.25) is 4.79 Å². The van der Waals surface area contributed by atoms with Crippen LogP contribution in [0.1, 0.15) is 5.69 Å². The highest BCUT2D eigenvalue weighted by atomic mass is 32.1. The molecule has 0 aliphatic heterocycles. The van der Waals surface area contributed by atoms with E-state index in [9.17, 15) is 4.79 Å². The van der Waals surface area contributed by atoms with Gasteiger partial charge < -0.3 is 10.6 Å². The summed E-state index contributed by atoms with van der Waals surface area (Å²) in [5, 5.41) is 13.4. The number of anilines is 1. The van der Waals surface area contributed by atoms with E-state index in [1.165, 1.54) is 11.3 Å². The fourth-order valence-corrected chi connectivity index (χ4v) is 1.19. The number of nitriles is 1. The van der Waals surface area contributed by atoms with E-state index in [-0.39, 0.29) is 12.3 Å². The molecule has 0 unspecified atom stereocenters. The summed E-state index contributed by atoms with van der Waals surface area (Å²) in [5.41, 5.74) is 5.54. The standard InChI is InChI=1S/C7H5N4O2S/c8-1-2-13-11-5(3-12)6-4-14-7(9)10-6/h4H,2H2,(H2,9,10)/b11-5-. The van der Waals surface area contributed by atoms with Crippen LogP contribution < -0.4 is 5.73 Å². The molecule has 0 bridgehead atoms. The summed E-state index contributed by atoms with van der Waals surface area (Å²) >= 11 is 1.17. The monoisotopic (exact) mass is 209 g/mol. The van der Waals surface area contributed by atoms with Gasteiger partial charge in [0.25, 0.3) is 6.29 Å². The SMILES string of the molecule is N#CCO/N=C(/[C]=O)c1csc(N)n1. The first kappa shape index (κ1) is 10.1. The lowest BCUT2D eigenvalue weighted by atomic mass is 10.3. The first-order valence-corrected chi connectivity index (χ1v) is 4.32. The van der Waals surface area contributed by atoms with Crippen LogP contribution in [0.15, 0.2) is 10.5 Å². The minimum Gasteiger partial charge on any atom is -0.380 e. The van der Waals surface area contributed by atoms with Gasteiger partial charge in [-0.05, 0) is 0 Å². The predicted octanol–water partition coefficient (Wildman–Crippen LogP) is 0.0793. The van der Waals surface area contributed by atoms with Gasteiger partial charge >= 0.3 is 0 Å². The fraction of sp³-hybridized carbons (Fsp3) is 0.143. The quantitative estimate of drug-likeness (QED) is 0.430. The molecule has 71 valence electrons. The molecule has 0 atom stereocenters. The van der Waals surface area contributed by atoms with Gasteiger partial charge in [0.2, 0.25) is 6.61 Å². The van der Waals surface area contributed by atoms with Crippen LogP contribution in [-0.2, 0) is 9.63 Å². The Bertz CT molecular complexity index is 393. The lowest BCUT2D eigenvalue weighted by molar-refractivity contribution is 0.179. The van der Waals surface area contributed by atoms with Gasteiger partial charge in [-0.25, -0.2) is 4.98 Å². The Morgan fingerprint density at radius 2 is 2.64 bits per heavy atom. The van der Waals surface area contributed by atoms with Crippen molar-refractivity contribution >= 4 is 28.5 Å². The molecule has 1 heterocycles. The molecule has 0 fully saturated rings. The van der Waals surface area contributed by atoms with Crippen molar-refractivity contribution in [2.75, 3.05) is 12.3 Å². The first-order chi connectivity index (χ1) is 6.77. The summed E-state index contributed by atoms with van der Waals surface area (Å²) in [7, 11) is 0. The molecule has 0 saturated carbocycles. The molecule has 6 nitrogen and oxygen atoms in total. The third-order valence-corrected chi connectivity index (χ3v) is 1.82. The molecule has 1 radical (unpaired) electrons. The summed E-state index contributed by atoms with van der Waals surface area (Å²) < 4.78 is 0. The van der Waals surface area contributed by atoms with Crippen LogP contribution in [0, 0.1) is 11.3 Å². The molecule has 0 spiro atoms. The Morgan fingerprint density at radius 1 is 1.86 bits per heavy atom. The Labute approximate surface area is 83.6 Å². The summed E-state index contributed by atoms with van der Waals surface area (Å²) in [6.07, 6.45) is 1.54. The van der Waals surface area contributed by atoms with Crippen LogP contribution in [0.3, 0.4) is 0 Å². The van der Waals surface area contributed by atoms with E-state index in [1.54, 1.807) is 17.7 Å². The maximum absolute atomic E-state index is 10.4. The molecule has 14 heavy (non-hydrogen) atoms. The van der Waals surface area contributed by atoms with Gasteiger partial charge in [0.05, 0.1) is 0 Å². The van der Waals surface area contributed by atoms with Crippen LogP contribution >= 0.6 is 11.3 Å². The Kier molecular flexibility index (Phi) is 3.58. The highest BCUT2D eigenvalue weighted by Gasteiger charge is 2.08. The van der Waals surface area contributed by atoms with Crippen molar-refractivity contribution in [3.8, 4) is 6.07 Å². The number of nitrogens with two attached hydrogens (primary N) is 1. The zero-order chi connectivity index (χ0) is 10.4. The predicted molar refractivity (Wildman–Crippen MR) is 50.3 cm³/mol. The largest absolute Gasteiger partial charge is 0.380 e. The van der Waals surface area contributed by atoms with Crippen molar-refractivity contribution in [2.45, 2.75) is 0 Å². The van der Waals surface area contributed by atoms with Crippen LogP contribution in [0.25, 0.3) is 0 Å². The Hall–Kier alpha value is -1.94. The summed E-state index contributed by atoms with van der Waals surface area (Å²) in [4.78, 5) is 18.7. The van der Waals surface area contributed by atoms with Crippen LogP contribution in [0.4, 0.5) is 5.13 Å². The molecule has 1 rings (SSSR count). The third kappa shape index (κ3) is 2.53. The van der Waals surface area contributed by atoms with Crippen molar-refractivity contribution in [1.82, 2.24) is 4.98 Å². The average molecular weight is 209 g/mol. The summed E-state index contributed by atoms with van der Waals surface area (Å²) in [6, 6.07) is 1.70. The van der Waals surface area contributed by atoms with Crippen molar-refractivity contribution in [3.05, 3.63) is 11.1 Å². The lowest BCUT2D eigenvalue weighted by Gasteiger charge is -1.92. The van der Waals surface area contributed by atoms with Gasteiger partial charge in [0.1, 0.15) is 11.8 Å². The first-order valence-electron chi connectivity index (χ1n) is 3.44. The number of hydrogen-bond acceptors (Lipinski definition) is 7. The molecule has 0 aliphatic rings. The Morgan fingerprint density at radius 3 is 3.14 bits per heavy atom. The number of nitrogens with zero attached hydrogens (tertiary/aromatic N) is 3. The molecular weight excluding hydrogens is 204 g/mol. The molecule has 7 heteroatoms. The van der Waals surface area contributed by atoms with Gasteiger partial charge in [-0.15, -0.1) is 11.3 Å². The van der Waals surface area contributed by atoms with Crippen molar-refractivity contribution in [1.29, 1.82) is 5.26 Å². The summed E-state index contributed by atoms with van der Waals surface area (Å²) in [5.74, 6) is 0. The summed E-state index contributed by atoms with van der Waals surface area (Å²) in [6.45, 7) is -0.231. The van der Waals surface area contributed by atoms with Crippen LogP contribution in [-0.4, -0.2) is 23.6 Å². The normalized spacial score (nSPS) is 10.6.